The molecule has 1 aliphatic rings. The molecule has 1 aromatic carbocycles. The van der Waals surface area contributed by atoms with Gasteiger partial charge in [0.2, 0.25) is 0 Å². The Morgan fingerprint density at radius 2 is 2.22 bits per heavy atom. The van der Waals surface area contributed by atoms with E-state index in [0.717, 1.165) is 28.1 Å². The second kappa shape index (κ2) is 7.95. The molecule has 4 nitrogen and oxygen atoms in total. The van der Waals surface area contributed by atoms with Crippen LogP contribution >= 0.6 is 27.3 Å². The first-order valence-electron chi connectivity index (χ1n) is 7.58. The molecule has 1 aromatic heterocycles. The number of nitrogens with one attached hydrogen (secondary N) is 1. The predicted molar refractivity (Wildman–Crippen MR) is 94.1 cm³/mol. The lowest BCUT2D eigenvalue weighted by atomic mass is 10.2. The second-order valence-electron chi connectivity index (χ2n) is 5.33. The van der Waals surface area contributed by atoms with E-state index in [1.807, 2.05) is 30.3 Å². The number of rotatable bonds is 6. The topological polar surface area (TPSA) is 47.6 Å². The monoisotopic (exact) mass is 395 g/mol. The zero-order valence-corrected chi connectivity index (χ0v) is 15.0. The number of benzene rings is 1. The Balaban J connectivity index is 1.60. The van der Waals surface area contributed by atoms with Crippen LogP contribution in [0.4, 0.5) is 0 Å². The summed E-state index contributed by atoms with van der Waals surface area (Å²) in [4.78, 5) is 13.5. The van der Waals surface area contributed by atoms with Crippen molar-refractivity contribution in [2.24, 2.45) is 0 Å². The van der Waals surface area contributed by atoms with Gasteiger partial charge >= 0.3 is 0 Å². The maximum Gasteiger partial charge on any atom is 0.255 e. The number of halogens is 1. The Morgan fingerprint density at radius 3 is 2.96 bits per heavy atom. The summed E-state index contributed by atoms with van der Waals surface area (Å²) in [6.45, 7) is 1.80. The quantitative estimate of drug-likeness (QED) is 0.803. The number of ether oxygens (including phenoxy) is 2. The van der Waals surface area contributed by atoms with Crippen molar-refractivity contribution >= 4 is 33.2 Å². The summed E-state index contributed by atoms with van der Waals surface area (Å²) >= 11 is 5.03. The van der Waals surface area contributed by atoms with E-state index in [0.29, 0.717) is 24.5 Å². The standard InChI is InChI=1S/C17H18BrNO3S/c18-16-8-7-13(23-16)10-19-17(20)14-5-1-2-6-15(14)22-11-12-4-3-9-21-12/h1-2,5-8,12H,3-4,9-11H2,(H,19,20). The van der Waals surface area contributed by atoms with Gasteiger partial charge < -0.3 is 14.8 Å². The van der Waals surface area contributed by atoms with Crippen molar-refractivity contribution in [1.82, 2.24) is 5.32 Å². The van der Waals surface area contributed by atoms with Gasteiger partial charge in [0.05, 0.1) is 22.0 Å². The zero-order chi connectivity index (χ0) is 16.1. The molecule has 1 atom stereocenters. The lowest BCUT2D eigenvalue weighted by Gasteiger charge is -2.14. The van der Waals surface area contributed by atoms with Crippen LogP contribution in [0.15, 0.2) is 40.2 Å². The fraction of sp³-hybridized carbons (Fsp3) is 0.353. The fourth-order valence-electron chi connectivity index (χ4n) is 2.45. The molecule has 2 heterocycles. The Morgan fingerprint density at radius 1 is 1.35 bits per heavy atom. The third kappa shape index (κ3) is 4.56. The van der Waals surface area contributed by atoms with E-state index in [2.05, 4.69) is 21.2 Å². The highest BCUT2D eigenvalue weighted by molar-refractivity contribution is 9.11. The number of amides is 1. The third-order valence-corrected chi connectivity index (χ3v) is 5.26. The molecule has 0 spiro atoms. The molecule has 1 aliphatic heterocycles. The van der Waals surface area contributed by atoms with Crippen molar-refractivity contribution in [3.8, 4) is 5.75 Å². The van der Waals surface area contributed by atoms with Crippen LogP contribution < -0.4 is 10.1 Å². The van der Waals surface area contributed by atoms with Crippen molar-refractivity contribution in [3.63, 3.8) is 0 Å². The Labute approximate surface area is 147 Å². The van der Waals surface area contributed by atoms with Gasteiger partial charge in [-0.25, -0.2) is 0 Å². The van der Waals surface area contributed by atoms with Gasteiger partial charge in [0, 0.05) is 11.5 Å². The normalized spacial score (nSPS) is 17.2. The molecule has 0 aliphatic carbocycles. The van der Waals surface area contributed by atoms with Crippen molar-refractivity contribution in [2.75, 3.05) is 13.2 Å². The van der Waals surface area contributed by atoms with Gasteiger partial charge in [-0.2, -0.15) is 0 Å². The Kier molecular flexibility index (Phi) is 5.70. The smallest absolute Gasteiger partial charge is 0.255 e. The molecule has 1 unspecified atom stereocenters. The molecule has 1 N–H and O–H groups in total. The first kappa shape index (κ1) is 16.5. The molecule has 1 fully saturated rings. The first-order valence-corrected chi connectivity index (χ1v) is 9.19. The number of hydrogen-bond donors (Lipinski definition) is 1. The maximum atomic E-state index is 12.4. The van der Waals surface area contributed by atoms with Gasteiger partial charge in [0.25, 0.3) is 5.91 Å². The molecule has 1 amide bonds. The molecule has 2 aromatic rings. The molecule has 23 heavy (non-hydrogen) atoms. The third-order valence-electron chi connectivity index (χ3n) is 3.63. The van der Waals surface area contributed by atoms with Gasteiger partial charge in [0.15, 0.2) is 0 Å². The van der Waals surface area contributed by atoms with E-state index in [1.165, 1.54) is 0 Å². The van der Waals surface area contributed by atoms with E-state index >= 15 is 0 Å². The zero-order valence-electron chi connectivity index (χ0n) is 12.6. The highest BCUT2D eigenvalue weighted by atomic mass is 79.9. The highest BCUT2D eigenvalue weighted by Crippen LogP contribution is 2.23. The molecule has 1 saturated heterocycles. The summed E-state index contributed by atoms with van der Waals surface area (Å²) in [6.07, 6.45) is 2.23. The summed E-state index contributed by atoms with van der Waals surface area (Å²) in [5, 5.41) is 2.94. The van der Waals surface area contributed by atoms with Crippen molar-refractivity contribution < 1.29 is 14.3 Å². The van der Waals surface area contributed by atoms with Crippen LogP contribution in [0.25, 0.3) is 0 Å². The summed E-state index contributed by atoms with van der Waals surface area (Å²) in [5.41, 5.74) is 0.557. The Hall–Kier alpha value is -1.37. The predicted octanol–water partition coefficient (Wildman–Crippen LogP) is 4.00. The van der Waals surface area contributed by atoms with Crippen LogP contribution in [0.2, 0.25) is 0 Å². The van der Waals surface area contributed by atoms with Gasteiger partial charge in [0.1, 0.15) is 12.4 Å². The van der Waals surface area contributed by atoms with Gasteiger partial charge in [-0.05, 0) is 53.0 Å². The summed E-state index contributed by atoms with van der Waals surface area (Å²) in [6, 6.07) is 11.3. The van der Waals surface area contributed by atoms with Crippen LogP contribution in [-0.4, -0.2) is 25.2 Å². The number of carbonyl (C=O) groups excluding carboxylic acids is 1. The lowest BCUT2D eigenvalue weighted by Crippen LogP contribution is -2.24. The highest BCUT2D eigenvalue weighted by Gasteiger charge is 2.18. The second-order valence-corrected chi connectivity index (χ2v) is 7.88. The number of carbonyl (C=O) groups is 1. The van der Waals surface area contributed by atoms with Gasteiger partial charge in [-0.3, -0.25) is 4.79 Å². The molecule has 0 bridgehead atoms. The van der Waals surface area contributed by atoms with Crippen LogP contribution in [0.5, 0.6) is 5.75 Å². The van der Waals surface area contributed by atoms with Gasteiger partial charge in [-0.15, -0.1) is 11.3 Å². The number of thiophene rings is 1. The first-order chi connectivity index (χ1) is 11.2. The van der Waals surface area contributed by atoms with Crippen LogP contribution in [0.1, 0.15) is 28.1 Å². The molecular formula is C17H18BrNO3S. The number of para-hydroxylation sites is 1. The lowest BCUT2D eigenvalue weighted by molar-refractivity contribution is 0.0670. The van der Waals surface area contributed by atoms with E-state index in [1.54, 1.807) is 17.4 Å². The minimum atomic E-state index is -0.127. The number of hydrogen-bond acceptors (Lipinski definition) is 4. The fourth-order valence-corrected chi connectivity index (χ4v) is 3.87. The average Bonchev–Trinajstić information content (AvgIpc) is 3.22. The average molecular weight is 396 g/mol. The molecule has 3 rings (SSSR count). The summed E-state index contributed by atoms with van der Waals surface area (Å²) in [5.74, 6) is 0.477. The summed E-state index contributed by atoms with van der Waals surface area (Å²) in [7, 11) is 0. The summed E-state index contributed by atoms with van der Waals surface area (Å²) < 4.78 is 12.4. The van der Waals surface area contributed by atoms with Crippen LogP contribution in [0, 0.1) is 0 Å². The molecule has 0 saturated carbocycles. The molecule has 0 radical (unpaired) electrons. The molecule has 6 heteroatoms. The van der Waals surface area contributed by atoms with Crippen LogP contribution in [-0.2, 0) is 11.3 Å². The van der Waals surface area contributed by atoms with Crippen molar-refractivity contribution in [3.05, 3.63) is 50.6 Å². The van der Waals surface area contributed by atoms with Crippen LogP contribution in [0.3, 0.4) is 0 Å². The van der Waals surface area contributed by atoms with Crippen molar-refractivity contribution in [1.29, 1.82) is 0 Å². The van der Waals surface area contributed by atoms with E-state index in [4.69, 9.17) is 9.47 Å². The van der Waals surface area contributed by atoms with E-state index in [9.17, 15) is 4.79 Å². The minimum Gasteiger partial charge on any atom is -0.490 e. The Bertz CT molecular complexity index is 667. The van der Waals surface area contributed by atoms with Crippen molar-refractivity contribution in [2.45, 2.75) is 25.5 Å². The SMILES string of the molecule is O=C(NCc1ccc(Br)s1)c1ccccc1OCC1CCCO1. The minimum absolute atomic E-state index is 0.127. The van der Waals surface area contributed by atoms with E-state index in [-0.39, 0.29) is 12.0 Å². The largest absolute Gasteiger partial charge is 0.490 e. The molecule has 122 valence electrons. The van der Waals surface area contributed by atoms with Gasteiger partial charge in [-0.1, -0.05) is 12.1 Å². The molecular weight excluding hydrogens is 378 g/mol. The maximum absolute atomic E-state index is 12.4. The van der Waals surface area contributed by atoms with E-state index < -0.39 is 0 Å².